The van der Waals surface area contributed by atoms with Gasteiger partial charge >= 0.3 is 6.03 Å². The highest BCUT2D eigenvalue weighted by molar-refractivity contribution is 14.1. The molecular weight excluding hydrogens is 574 g/mol. The molecule has 3 aromatic rings. The van der Waals surface area contributed by atoms with Crippen LogP contribution in [0, 0.1) is 23.2 Å². The van der Waals surface area contributed by atoms with Gasteiger partial charge in [0.15, 0.2) is 0 Å². The summed E-state index contributed by atoms with van der Waals surface area (Å²) in [5, 5.41) is 2.27. The predicted molar refractivity (Wildman–Crippen MR) is 144 cm³/mol. The van der Waals surface area contributed by atoms with Gasteiger partial charge in [-0.05, 0) is 102 Å². The second-order valence-electron chi connectivity index (χ2n) is 8.47. The van der Waals surface area contributed by atoms with E-state index < -0.39 is 17.8 Å². The van der Waals surface area contributed by atoms with Crippen molar-refractivity contribution in [2.75, 3.05) is 11.5 Å². The van der Waals surface area contributed by atoms with E-state index in [9.17, 15) is 18.8 Å². The Morgan fingerprint density at radius 1 is 1.06 bits per heavy atom. The smallest absolute Gasteiger partial charge is 0.335 e. The van der Waals surface area contributed by atoms with Crippen LogP contribution in [0.2, 0.25) is 0 Å². The van der Waals surface area contributed by atoms with Crippen LogP contribution in [0.15, 0.2) is 60.2 Å². The Kier molecular flexibility index (Phi) is 7.53. The van der Waals surface area contributed by atoms with E-state index in [1.54, 1.807) is 25.1 Å². The molecule has 184 valence electrons. The number of hydrogen-bond acceptors (Lipinski definition) is 4. The van der Waals surface area contributed by atoms with Crippen molar-refractivity contribution in [3.63, 3.8) is 0 Å². The zero-order chi connectivity index (χ0) is 26.0. The Morgan fingerprint density at radius 3 is 2.56 bits per heavy atom. The lowest BCUT2D eigenvalue weighted by atomic mass is 10.00. The summed E-state index contributed by atoms with van der Waals surface area (Å²) < 4.78 is 20.4. The quantitative estimate of drug-likeness (QED) is 0.225. The van der Waals surface area contributed by atoms with Gasteiger partial charge in [-0.1, -0.05) is 24.3 Å². The second-order valence-corrected chi connectivity index (χ2v) is 9.63. The van der Waals surface area contributed by atoms with E-state index >= 15 is 0 Å². The van der Waals surface area contributed by atoms with Gasteiger partial charge in [-0.15, -0.1) is 0 Å². The van der Waals surface area contributed by atoms with Crippen LogP contribution in [0.5, 0.6) is 5.75 Å². The van der Waals surface area contributed by atoms with E-state index in [1.807, 2.05) is 38.1 Å². The number of benzene rings is 3. The Bertz CT molecular complexity index is 1420. The van der Waals surface area contributed by atoms with Gasteiger partial charge in [-0.3, -0.25) is 14.9 Å². The van der Waals surface area contributed by atoms with Crippen LogP contribution in [0.3, 0.4) is 0 Å². The van der Waals surface area contributed by atoms with E-state index in [0.29, 0.717) is 30.0 Å². The molecular formula is C28H24FIN2O4. The van der Waals surface area contributed by atoms with Crippen molar-refractivity contribution < 1.29 is 23.5 Å². The summed E-state index contributed by atoms with van der Waals surface area (Å²) in [5.74, 6) is -1.20. The lowest BCUT2D eigenvalue weighted by molar-refractivity contribution is -0.122. The third-order valence-corrected chi connectivity index (χ3v) is 6.73. The molecule has 8 heteroatoms. The van der Waals surface area contributed by atoms with Crippen LogP contribution >= 0.6 is 22.6 Å². The van der Waals surface area contributed by atoms with Gasteiger partial charge in [-0.25, -0.2) is 14.1 Å². The number of carbonyl (C=O) groups excluding carboxylic acids is 3. The van der Waals surface area contributed by atoms with Gasteiger partial charge in [-0.2, -0.15) is 0 Å². The summed E-state index contributed by atoms with van der Waals surface area (Å²) in [6.07, 6.45) is 1.91. The van der Waals surface area contributed by atoms with Gasteiger partial charge in [0.1, 0.15) is 17.1 Å². The van der Waals surface area contributed by atoms with Crippen molar-refractivity contribution in [1.29, 1.82) is 0 Å². The molecule has 1 aliphatic heterocycles. The number of amides is 4. The molecule has 4 rings (SSSR count). The SMILES string of the molecule is CCOc1cc(/C=C2\C(=O)NC(=O)N(c3cc(C)ccc3C)C2=O)cc(I)c1Cc1cccc(F)c1. The largest absolute Gasteiger partial charge is 0.494 e. The lowest BCUT2D eigenvalue weighted by Gasteiger charge is -2.28. The lowest BCUT2D eigenvalue weighted by Crippen LogP contribution is -2.54. The maximum atomic E-state index is 13.7. The molecule has 1 heterocycles. The van der Waals surface area contributed by atoms with Crippen LogP contribution in [0.1, 0.15) is 34.7 Å². The zero-order valence-corrected chi connectivity index (χ0v) is 22.2. The minimum atomic E-state index is -0.786. The number of urea groups is 1. The number of nitrogens with zero attached hydrogens (tertiary/aromatic N) is 1. The maximum absolute atomic E-state index is 13.7. The zero-order valence-electron chi connectivity index (χ0n) is 20.0. The van der Waals surface area contributed by atoms with Crippen LogP contribution in [0.4, 0.5) is 14.9 Å². The van der Waals surface area contributed by atoms with Gasteiger partial charge in [0.05, 0.1) is 12.3 Å². The van der Waals surface area contributed by atoms with Gasteiger partial charge in [0.25, 0.3) is 11.8 Å². The first kappa shape index (κ1) is 25.6. The number of carbonyl (C=O) groups is 3. The van der Waals surface area contributed by atoms with Gasteiger partial charge in [0.2, 0.25) is 0 Å². The molecule has 36 heavy (non-hydrogen) atoms. The molecule has 1 N–H and O–H groups in total. The minimum Gasteiger partial charge on any atom is -0.494 e. The van der Waals surface area contributed by atoms with Crippen molar-refractivity contribution in [3.8, 4) is 5.75 Å². The number of barbiturate groups is 1. The van der Waals surface area contributed by atoms with Crippen LogP contribution < -0.4 is 15.0 Å². The van der Waals surface area contributed by atoms with Crippen LogP contribution in [0.25, 0.3) is 6.08 Å². The number of halogens is 2. The summed E-state index contributed by atoms with van der Waals surface area (Å²) in [4.78, 5) is 39.6. The third-order valence-electron chi connectivity index (χ3n) is 5.76. The number of anilines is 1. The minimum absolute atomic E-state index is 0.161. The summed E-state index contributed by atoms with van der Waals surface area (Å²) in [6, 6.07) is 14.6. The molecule has 0 spiro atoms. The average molecular weight is 598 g/mol. The topological polar surface area (TPSA) is 75.7 Å². The van der Waals surface area contributed by atoms with Gasteiger partial charge < -0.3 is 4.74 Å². The fraction of sp³-hybridized carbons (Fsp3) is 0.179. The molecule has 4 amide bonds. The molecule has 1 saturated heterocycles. The standard InChI is InChI=1S/C28H24FIN2O4/c1-4-36-25-15-19(14-23(30)21(25)12-18-6-5-7-20(29)11-18)13-22-26(33)31-28(35)32(27(22)34)24-10-16(2)8-9-17(24)3/h5-11,13-15H,4,12H2,1-3H3,(H,31,33,35)/b22-13+. The summed E-state index contributed by atoms with van der Waals surface area (Å²) in [7, 11) is 0. The molecule has 1 fully saturated rings. The fourth-order valence-corrected chi connectivity index (χ4v) is 4.84. The Balaban J connectivity index is 1.74. The van der Waals surface area contributed by atoms with E-state index in [-0.39, 0.29) is 11.4 Å². The van der Waals surface area contributed by atoms with Crippen LogP contribution in [-0.2, 0) is 16.0 Å². The molecule has 0 aromatic heterocycles. The molecule has 0 radical (unpaired) electrons. The van der Waals surface area contributed by atoms with E-state index in [2.05, 4.69) is 27.9 Å². The van der Waals surface area contributed by atoms with Crippen molar-refractivity contribution in [3.05, 3.63) is 97.4 Å². The van der Waals surface area contributed by atoms with E-state index in [1.165, 1.54) is 18.2 Å². The molecule has 0 aliphatic carbocycles. The maximum Gasteiger partial charge on any atom is 0.335 e. The summed E-state index contributed by atoms with van der Waals surface area (Å²) in [6.45, 7) is 5.92. The average Bonchev–Trinajstić information content (AvgIpc) is 2.81. The normalized spacial score (nSPS) is 14.9. The number of ether oxygens (including phenoxy) is 1. The number of hydrogen-bond donors (Lipinski definition) is 1. The monoisotopic (exact) mass is 598 g/mol. The molecule has 3 aromatic carbocycles. The molecule has 6 nitrogen and oxygen atoms in total. The molecule has 0 saturated carbocycles. The molecule has 0 unspecified atom stereocenters. The van der Waals surface area contributed by atoms with E-state index in [4.69, 9.17) is 4.74 Å². The number of aryl methyl sites for hydroxylation is 2. The van der Waals surface area contributed by atoms with E-state index in [0.717, 1.165) is 30.7 Å². The van der Waals surface area contributed by atoms with Crippen molar-refractivity contribution in [2.24, 2.45) is 0 Å². The first-order valence-electron chi connectivity index (χ1n) is 11.4. The number of imide groups is 2. The molecule has 0 bridgehead atoms. The Labute approximate surface area is 222 Å². The molecule has 0 atom stereocenters. The van der Waals surface area contributed by atoms with Gasteiger partial charge in [0, 0.05) is 15.6 Å². The first-order valence-corrected chi connectivity index (χ1v) is 12.4. The van der Waals surface area contributed by atoms with Crippen molar-refractivity contribution in [2.45, 2.75) is 27.2 Å². The Morgan fingerprint density at radius 2 is 1.83 bits per heavy atom. The first-order chi connectivity index (χ1) is 17.2. The summed E-state index contributed by atoms with van der Waals surface area (Å²) >= 11 is 2.16. The summed E-state index contributed by atoms with van der Waals surface area (Å²) in [5.41, 5.74) is 4.11. The second kappa shape index (κ2) is 10.6. The van der Waals surface area contributed by atoms with Crippen molar-refractivity contribution >= 4 is 52.2 Å². The number of rotatable bonds is 6. The van der Waals surface area contributed by atoms with Crippen LogP contribution in [-0.4, -0.2) is 24.5 Å². The highest BCUT2D eigenvalue weighted by atomic mass is 127. The van der Waals surface area contributed by atoms with Crippen molar-refractivity contribution in [1.82, 2.24) is 5.32 Å². The number of nitrogens with one attached hydrogen (secondary N) is 1. The molecule has 1 aliphatic rings. The predicted octanol–water partition coefficient (Wildman–Crippen LogP) is 5.70. The fourth-order valence-electron chi connectivity index (χ4n) is 4.02. The highest BCUT2D eigenvalue weighted by Crippen LogP contribution is 2.31. The Hall–Kier alpha value is -3.53. The third kappa shape index (κ3) is 5.33. The highest BCUT2D eigenvalue weighted by Gasteiger charge is 2.37.